The van der Waals surface area contributed by atoms with E-state index in [4.69, 9.17) is 14.9 Å². The van der Waals surface area contributed by atoms with Gasteiger partial charge in [0.2, 0.25) is 0 Å². The van der Waals surface area contributed by atoms with Gasteiger partial charge in [0.05, 0.1) is 6.61 Å². The zero-order valence-corrected chi connectivity index (χ0v) is 12.9. The second kappa shape index (κ2) is 10.4. The SMILES string of the molecule is O=C(N[C@@H](CSSCCO)C(=O)O)OCc1ccccc1. The second-order valence-corrected chi connectivity index (χ2v) is 6.55. The van der Waals surface area contributed by atoms with E-state index in [0.29, 0.717) is 5.75 Å². The van der Waals surface area contributed by atoms with Crippen molar-refractivity contribution in [3.8, 4) is 0 Å². The minimum Gasteiger partial charge on any atom is -0.480 e. The van der Waals surface area contributed by atoms with Crippen molar-refractivity contribution in [3.05, 3.63) is 35.9 Å². The zero-order chi connectivity index (χ0) is 15.5. The molecule has 1 atom stereocenters. The lowest BCUT2D eigenvalue weighted by Crippen LogP contribution is -2.42. The lowest BCUT2D eigenvalue weighted by molar-refractivity contribution is -0.138. The van der Waals surface area contributed by atoms with Crippen molar-refractivity contribution in [3.63, 3.8) is 0 Å². The number of hydrogen-bond acceptors (Lipinski definition) is 6. The van der Waals surface area contributed by atoms with Crippen LogP contribution in [0, 0.1) is 0 Å². The molecule has 21 heavy (non-hydrogen) atoms. The number of aliphatic hydroxyl groups is 1. The predicted molar refractivity (Wildman–Crippen MR) is 83.2 cm³/mol. The first-order valence-corrected chi connectivity index (χ1v) is 8.67. The molecule has 0 aliphatic carbocycles. The van der Waals surface area contributed by atoms with Crippen LogP contribution in [0.2, 0.25) is 0 Å². The van der Waals surface area contributed by atoms with Gasteiger partial charge in [-0.1, -0.05) is 51.9 Å². The second-order valence-electron chi connectivity index (χ2n) is 3.93. The fourth-order valence-electron chi connectivity index (χ4n) is 1.29. The van der Waals surface area contributed by atoms with Crippen LogP contribution in [-0.2, 0) is 16.1 Å². The van der Waals surface area contributed by atoms with Gasteiger partial charge in [-0.3, -0.25) is 0 Å². The number of aliphatic carboxylic acids is 1. The number of ether oxygens (including phenoxy) is 1. The average Bonchev–Trinajstić information content (AvgIpc) is 2.49. The summed E-state index contributed by atoms with van der Waals surface area (Å²) in [5.74, 6) is -0.417. The molecule has 0 spiro atoms. The molecule has 0 heterocycles. The minimum absolute atomic E-state index is 0.0297. The number of alkyl carbamates (subject to hydrolysis) is 1. The molecule has 0 aromatic heterocycles. The highest BCUT2D eigenvalue weighted by Gasteiger charge is 2.20. The van der Waals surface area contributed by atoms with Gasteiger partial charge < -0.3 is 20.3 Å². The van der Waals surface area contributed by atoms with Crippen LogP contribution in [0.25, 0.3) is 0 Å². The topological polar surface area (TPSA) is 95.9 Å². The fourth-order valence-corrected chi connectivity index (χ4v) is 3.22. The molecular formula is C13H17NO5S2. The van der Waals surface area contributed by atoms with Crippen molar-refractivity contribution in [1.29, 1.82) is 0 Å². The predicted octanol–water partition coefficient (Wildman–Crippen LogP) is 1.74. The van der Waals surface area contributed by atoms with Crippen molar-refractivity contribution in [1.82, 2.24) is 5.32 Å². The van der Waals surface area contributed by atoms with Crippen molar-refractivity contribution in [2.45, 2.75) is 12.6 Å². The van der Waals surface area contributed by atoms with Crippen LogP contribution in [0.4, 0.5) is 4.79 Å². The van der Waals surface area contributed by atoms with Crippen LogP contribution in [0.1, 0.15) is 5.56 Å². The summed E-state index contributed by atoms with van der Waals surface area (Å²) in [6.45, 7) is 0.118. The Morgan fingerprint density at radius 3 is 2.57 bits per heavy atom. The third-order valence-electron chi connectivity index (χ3n) is 2.30. The van der Waals surface area contributed by atoms with E-state index in [2.05, 4.69) is 5.32 Å². The van der Waals surface area contributed by atoms with E-state index in [0.717, 1.165) is 5.56 Å². The lowest BCUT2D eigenvalue weighted by atomic mass is 10.2. The Labute approximate surface area is 130 Å². The lowest BCUT2D eigenvalue weighted by Gasteiger charge is -2.13. The number of aliphatic hydroxyl groups excluding tert-OH is 1. The molecule has 1 aromatic rings. The van der Waals surface area contributed by atoms with Gasteiger partial charge in [-0.05, 0) is 5.56 Å². The number of benzene rings is 1. The molecule has 6 nitrogen and oxygen atoms in total. The van der Waals surface area contributed by atoms with E-state index in [1.54, 1.807) is 0 Å². The molecule has 0 aliphatic heterocycles. The van der Waals surface area contributed by atoms with Gasteiger partial charge in [-0.2, -0.15) is 0 Å². The molecule has 0 unspecified atom stereocenters. The molecule has 3 N–H and O–H groups in total. The average molecular weight is 331 g/mol. The summed E-state index contributed by atoms with van der Waals surface area (Å²) in [5, 5.41) is 20.0. The van der Waals surface area contributed by atoms with Gasteiger partial charge in [0.1, 0.15) is 12.6 Å². The van der Waals surface area contributed by atoms with Crippen LogP contribution in [-0.4, -0.2) is 46.4 Å². The van der Waals surface area contributed by atoms with E-state index < -0.39 is 18.1 Å². The minimum atomic E-state index is -1.12. The maximum absolute atomic E-state index is 11.6. The van der Waals surface area contributed by atoms with Gasteiger partial charge >= 0.3 is 12.1 Å². The Bertz CT molecular complexity index is 443. The Morgan fingerprint density at radius 2 is 1.95 bits per heavy atom. The summed E-state index contributed by atoms with van der Waals surface area (Å²) in [5.41, 5.74) is 0.826. The standard InChI is InChI=1S/C13H17NO5S2/c15-6-7-20-21-9-11(12(16)17)14-13(18)19-8-10-4-2-1-3-5-10/h1-5,11,15H,6-9H2,(H,14,18)(H,16,17)/t11-/m0/s1. The molecule has 1 rings (SSSR count). The molecule has 0 radical (unpaired) electrons. The number of carbonyl (C=O) groups is 2. The molecule has 1 amide bonds. The Hall–Kier alpha value is -1.38. The first kappa shape index (κ1) is 17.7. The van der Waals surface area contributed by atoms with E-state index in [9.17, 15) is 9.59 Å². The van der Waals surface area contributed by atoms with E-state index in [1.165, 1.54) is 21.6 Å². The number of carboxylic acid groups (broad SMARTS) is 1. The molecule has 1 aromatic carbocycles. The van der Waals surface area contributed by atoms with Gasteiger partial charge in [-0.15, -0.1) is 0 Å². The quantitative estimate of drug-likeness (QED) is 0.468. The van der Waals surface area contributed by atoms with E-state index in [-0.39, 0.29) is 19.0 Å². The number of rotatable bonds is 9. The van der Waals surface area contributed by atoms with E-state index in [1.807, 2.05) is 30.3 Å². The number of nitrogens with one attached hydrogen (secondary N) is 1. The van der Waals surface area contributed by atoms with Gasteiger partial charge in [0, 0.05) is 11.5 Å². The largest absolute Gasteiger partial charge is 0.480 e. The Morgan fingerprint density at radius 1 is 1.24 bits per heavy atom. The third-order valence-corrected chi connectivity index (χ3v) is 4.69. The van der Waals surface area contributed by atoms with Gasteiger partial charge in [0.25, 0.3) is 0 Å². The van der Waals surface area contributed by atoms with Crippen LogP contribution >= 0.6 is 21.6 Å². The van der Waals surface area contributed by atoms with Crippen molar-refractivity contribution in [2.75, 3.05) is 18.1 Å². The van der Waals surface area contributed by atoms with Crippen LogP contribution < -0.4 is 5.32 Å². The van der Waals surface area contributed by atoms with Crippen LogP contribution in [0.3, 0.4) is 0 Å². The number of carbonyl (C=O) groups excluding carboxylic acids is 1. The first-order chi connectivity index (χ1) is 10.1. The van der Waals surface area contributed by atoms with E-state index >= 15 is 0 Å². The summed E-state index contributed by atoms with van der Waals surface area (Å²) >= 11 is 0. The smallest absolute Gasteiger partial charge is 0.408 e. The molecule has 8 heteroatoms. The summed E-state index contributed by atoms with van der Waals surface area (Å²) in [6, 6.07) is 8.10. The summed E-state index contributed by atoms with van der Waals surface area (Å²) in [7, 11) is 2.62. The van der Waals surface area contributed by atoms with Crippen molar-refractivity contribution < 1.29 is 24.5 Å². The Kier molecular flexibility index (Phi) is 8.72. The highest BCUT2D eigenvalue weighted by molar-refractivity contribution is 8.76. The molecule has 0 saturated heterocycles. The summed E-state index contributed by atoms with van der Waals surface area (Å²) in [4.78, 5) is 22.6. The highest BCUT2D eigenvalue weighted by Crippen LogP contribution is 2.21. The monoisotopic (exact) mass is 331 g/mol. The van der Waals surface area contributed by atoms with Crippen molar-refractivity contribution >= 4 is 33.7 Å². The zero-order valence-electron chi connectivity index (χ0n) is 11.2. The molecule has 0 saturated carbocycles. The maximum Gasteiger partial charge on any atom is 0.408 e. The molecular weight excluding hydrogens is 314 g/mol. The normalized spacial score (nSPS) is 11.7. The van der Waals surface area contributed by atoms with Gasteiger partial charge in [-0.25, -0.2) is 9.59 Å². The Balaban J connectivity index is 2.33. The summed E-state index contributed by atoms with van der Waals surface area (Å²) < 4.78 is 4.97. The summed E-state index contributed by atoms with van der Waals surface area (Å²) in [6.07, 6.45) is -0.765. The molecule has 0 aliphatic rings. The third kappa shape index (κ3) is 7.84. The van der Waals surface area contributed by atoms with Crippen LogP contribution in [0.15, 0.2) is 30.3 Å². The van der Waals surface area contributed by atoms with Crippen molar-refractivity contribution in [2.24, 2.45) is 0 Å². The maximum atomic E-state index is 11.6. The molecule has 0 fully saturated rings. The molecule has 0 bridgehead atoms. The molecule has 116 valence electrons. The number of carboxylic acids is 1. The highest BCUT2D eigenvalue weighted by atomic mass is 33.1. The number of amides is 1. The number of hydrogen-bond donors (Lipinski definition) is 3. The fraction of sp³-hybridized carbons (Fsp3) is 0.385. The first-order valence-electron chi connectivity index (χ1n) is 6.18. The van der Waals surface area contributed by atoms with Crippen LogP contribution in [0.5, 0.6) is 0 Å². The van der Waals surface area contributed by atoms with Gasteiger partial charge in [0.15, 0.2) is 0 Å².